The molecular formula is C30H51N8O15+. The Hall–Kier alpha value is -4.97. The number of carboxylic acid groups (broad SMARTS) is 2. The molecule has 0 aromatic rings. The molecule has 0 saturated carbocycles. The van der Waals surface area contributed by atoms with Gasteiger partial charge in [-0.25, -0.2) is 0 Å². The number of aliphatic carboxylic acids is 2. The average Bonchev–Trinajstić information content (AvgIpc) is 3.63. The zero-order valence-electron chi connectivity index (χ0n) is 29.7. The van der Waals surface area contributed by atoms with E-state index in [9.17, 15) is 68.7 Å². The highest BCUT2D eigenvalue weighted by molar-refractivity contribution is 5.98. The summed E-state index contributed by atoms with van der Waals surface area (Å²) in [6, 6.07) is -12.1. The number of rotatable bonds is 22. The van der Waals surface area contributed by atoms with Gasteiger partial charge in [-0.1, -0.05) is 13.8 Å². The topological polar surface area (TPSA) is 376 Å². The Morgan fingerprint density at radius 3 is 1.43 bits per heavy atom. The van der Waals surface area contributed by atoms with Crippen LogP contribution in [0.5, 0.6) is 0 Å². The average molecular weight is 764 g/mol. The lowest BCUT2D eigenvalue weighted by Gasteiger charge is -2.27. The molecule has 9 atom stereocenters. The minimum absolute atomic E-state index is 0.514. The number of nitrogens with one attached hydrogen (secondary N) is 7. The molecule has 53 heavy (non-hydrogen) atoms. The predicted molar refractivity (Wildman–Crippen MR) is 177 cm³/mol. The molecule has 7 amide bonds. The normalized spacial score (nSPS) is 18.4. The second-order valence-corrected chi connectivity index (χ2v) is 12.7. The van der Waals surface area contributed by atoms with Gasteiger partial charge in [0.15, 0.2) is 6.04 Å². The summed E-state index contributed by atoms with van der Waals surface area (Å²) in [5, 5.41) is 74.4. The van der Waals surface area contributed by atoms with E-state index in [0.717, 1.165) is 20.3 Å². The number of hydrogen-bond donors (Lipinski definition) is 14. The van der Waals surface area contributed by atoms with Gasteiger partial charge in [0.25, 0.3) is 5.91 Å². The monoisotopic (exact) mass is 763 g/mol. The molecule has 15 N–H and O–H groups in total. The zero-order chi connectivity index (χ0) is 40.6. The van der Waals surface area contributed by atoms with Crippen molar-refractivity contribution in [3.63, 3.8) is 0 Å². The van der Waals surface area contributed by atoms with Crippen LogP contribution in [-0.2, 0) is 43.2 Å². The first-order valence-corrected chi connectivity index (χ1v) is 16.7. The van der Waals surface area contributed by atoms with Crippen molar-refractivity contribution in [2.75, 3.05) is 26.4 Å². The molecule has 300 valence electrons. The summed E-state index contributed by atoms with van der Waals surface area (Å²) in [6.07, 6.45) is -1.10. The molecule has 0 bridgehead atoms. The molecule has 1 rings (SSSR count). The number of carboxylic acids is 2. The molecular weight excluding hydrogens is 712 g/mol. The molecule has 23 nitrogen and oxygen atoms in total. The van der Waals surface area contributed by atoms with Crippen molar-refractivity contribution in [2.45, 2.75) is 101 Å². The molecule has 0 unspecified atom stereocenters. The predicted octanol–water partition coefficient (Wildman–Crippen LogP) is -8.30. The van der Waals surface area contributed by atoms with Crippen molar-refractivity contribution in [1.29, 1.82) is 0 Å². The van der Waals surface area contributed by atoms with Crippen molar-refractivity contribution in [3.05, 3.63) is 0 Å². The van der Waals surface area contributed by atoms with Crippen LogP contribution in [0.25, 0.3) is 0 Å². The molecule has 1 aliphatic rings. The highest BCUT2D eigenvalue weighted by atomic mass is 16.4. The van der Waals surface area contributed by atoms with E-state index in [-0.39, 0.29) is 0 Å². The van der Waals surface area contributed by atoms with E-state index in [1.54, 1.807) is 5.32 Å². The number of aliphatic hydroxyl groups excluding tert-OH is 4. The molecule has 23 heteroatoms. The van der Waals surface area contributed by atoms with Crippen molar-refractivity contribution in [1.82, 2.24) is 37.2 Å². The quantitative estimate of drug-likeness (QED) is 0.0487. The Balaban J connectivity index is 2.97. The Morgan fingerprint density at radius 1 is 0.604 bits per heavy atom. The van der Waals surface area contributed by atoms with E-state index in [0.29, 0.717) is 13.0 Å². The van der Waals surface area contributed by atoms with Gasteiger partial charge in [-0.05, 0) is 19.8 Å². The summed E-state index contributed by atoms with van der Waals surface area (Å²) in [7, 11) is 0. The van der Waals surface area contributed by atoms with Crippen LogP contribution in [0, 0.1) is 5.92 Å². The van der Waals surface area contributed by atoms with Crippen molar-refractivity contribution < 1.29 is 79.1 Å². The van der Waals surface area contributed by atoms with Crippen LogP contribution in [-0.4, -0.2) is 165 Å². The van der Waals surface area contributed by atoms with E-state index < -0.39 is 140 Å². The minimum atomic E-state index is -1.85. The number of aliphatic hydroxyl groups is 4. The second kappa shape index (κ2) is 22.2. The lowest BCUT2D eigenvalue weighted by molar-refractivity contribution is -0.657. The Bertz CT molecular complexity index is 1340. The number of carbonyl (C=O) groups is 9. The second-order valence-electron chi connectivity index (χ2n) is 12.7. The third kappa shape index (κ3) is 14.9. The number of amides is 7. The molecule has 0 aromatic heterocycles. The zero-order valence-corrected chi connectivity index (χ0v) is 29.7. The van der Waals surface area contributed by atoms with Crippen molar-refractivity contribution in [2.24, 2.45) is 5.92 Å². The Morgan fingerprint density at radius 2 is 1.04 bits per heavy atom. The van der Waals surface area contributed by atoms with Crippen LogP contribution < -0.4 is 42.5 Å². The first-order valence-electron chi connectivity index (χ1n) is 16.7. The third-order valence-electron chi connectivity index (χ3n) is 8.00. The first-order chi connectivity index (χ1) is 24.8. The summed E-state index contributed by atoms with van der Waals surface area (Å²) >= 11 is 0. The van der Waals surface area contributed by atoms with Crippen molar-refractivity contribution in [3.8, 4) is 0 Å². The van der Waals surface area contributed by atoms with Gasteiger partial charge >= 0.3 is 11.9 Å². The molecule has 1 saturated heterocycles. The fraction of sp³-hybridized carbons (Fsp3) is 0.700. The number of nitrogens with two attached hydrogens (primary N) is 1. The Kier molecular flexibility index (Phi) is 19.3. The summed E-state index contributed by atoms with van der Waals surface area (Å²) in [4.78, 5) is 112. The van der Waals surface area contributed by atoms with Gasteiger partial charge in [-0.2, -0.15) is 0 Å². The van der Waals surface area contributed by atoms with Crippen LogP contribution in [0.2, 0.25) is 0 Å². The molecule has 0 spiro atoms. The fourth-order valence-corrected chi connectivity index (χ4v) is 4.88. The summed E-state index contributed by atoms with van der Waals surface area (Å²) in [6.45, 7) is 2.65. The SMILES string of the molecule is CC(C)[C@H](NC(=O)[C@H](CC(=O)O)NC(=O)[C@@H]1CCC[NH2+]1)C(=O)N[C@@H](CO)C(=O)N[C@@H](CO)C(=O)N[C@@H](CO)C(=O)N[C@H](C(=O)N[C@@H](C)C(=O)O)[C@@H](C)O. The number of carbonyl (C=O) groups excluding carboxylic acids is 7. The maximum atomic E-state index is 13.2. The first kappa shape index (κ1) is 46.1. The van der Waals surface area contributed by atoms with Crippen molar-refractivity contribution >= 4 is 53.3 Å². The fourth-order valence-electron chi connectivity index (χ4n) is 4.88. The summed E-state index contributed by atoms with van der Waals surface area (Å²) in [5.41, 5.74) is 0. The third-order valence-corrected chi connectivity index (χ3v) is 8.00. The lowest BCUT2D eigenvalue weighted by Crippen LogP contribution is -2.89. The molecule has 1 heterocycles. The van der Waals surface area contributed by atoms with E-state index in [1.807, 2.05) is 16.0 Å². The highest BCUT2D eigenvalue weighted by Gasteiger charge is 2.36. The summed E-state index contributed by atoms with van der Waals surface area (Å²) in [5.74, 6) is -10.9. The van der Waals surface area contributed by atoms with E-state index in [2.05, 4.69) is 21.3 Å². The molecule has 0 aromatic carbocycles. The van der Waals surface area contributed by atoms with Crippen LogP contribution >= 0.6 is 0 Å². The summed E-state index contributed by atoms with van der Waals surface area (Å²) < 4.78 is 0. The van der Waals surface area contributed by atoms with Crippen LogP contribution in [0.1, 0.15) is 47.0 Å². The lowest BCUT2D eigenvalue weighted by atomic mass is 10.0. The van der Waals surface area contributed by atoms with Crippen LogP contribution in [0.15, 0.2) is 0 Å². The van der Waals surface area contributed by atoms with Gasteiger partial charge in [0.05, 0.1) is 38.9 Å². The van der Waals surface area contributed by atoms with Crippen LogP contribution in [0.4, 0.5) is 0 Å². The largest absolute Gasteiger partial charge is 0.481 e. The standard InChI is InChI=1S/C30H50N8O15/c1-12(2)21(37-24(46)16(8-20(43)44)33-23(45)15-6-5-7-31-15)28(50)36-18(10-40)26(48)34-17(9-39)25(47)35-19(11-41)27(49)38-22(14(4)42)29(51)32-13(3)30(52)53/h12-19,21-22,31,39-42H,5-11H2,1-4H3,(H,32,51)(H,33,45)(H,34,48)(H,35,47)(H,36,50)(H,37,46)(H,38,49)(H,43,44)(H,52,53)/p+1/t13-,14+,15-,16-,17-,18-,19-,21-,22-/m0/s1. The molecule has 1 aliphatic heterocycles. The van der Waals surface area contributed by atoms with Gasteiger partial charge in [-0.15, -0.1) is 0 Å². The highest BCUT2D eigenvalue weighted by Crippen LogP contribution is 2.06. The van der Waals surface area contributed by atoms with Gasteiger partial charge < -0.3 is 73.2 Å². The van der Waals surface area contributed by atoms with Gasteiger partial charge in [0.2, 0.25) is 35.4 Å². The number of hydrogen-bond acceptors (Lipinski definition) is 13. The van der Waals surface area contributed by atoms with Gasteiger partial charge in [0, 0.05) is 12.8 Å². The van der Waals surface area contributed by atoms with E-state index in [4.69, 9.17) is 5.11 Å². The molecule has 0 radical (unpaired) electrons. The maximum Gasteiger partial charge on any atom is 0.325 e. The van der Waals surface area contributed by atoms with Crippen LogP contribution in [0.3, 0.4) is 0 Å². The number of quaternary nitrogens is 1. The smallest absolute Gasteiger partial charge is 0.325 e. The molecule has 1 fully saturated rings. The molecule has 0 aliphatic carbocycles. The van der Waals surface area contributed by atoms with E-state index in [1.165, 1.54) is 13.8 Å². The van der Waals surface area contributed by atoms with Gasteiger partial charge in [-0.3, -0.25) is 43.2 Å². The maximum absolute atomic E-state index is 13.2. The van der Waals surface area contributed by atoms with Gasteiger partial charge in [0.1, 0.15) is 42.3 Å². The minimum Gasteiger partial charge on any atom is -0.481 e. The van der Waals surface area contributed by atoms with E-state index >= 15 is 0 Å². The Labute approximate surface area is 303 Å².